The van der Waals surface area contributed by atoms with Gasteiger partial charge in [-0.2, -0.15) is 0 Å². The number of fused-ring (bicyclic) bond motifs is 2. The van der Waals surface area contributed by atoms with Crippen LogP contribution in [0.1, 0.15) is 46.1 Å². The fraction of sp³-hybridized carbons (Fsp3) is 0.455. The Morgan fingerprint density at radius 2 is 2.04 bits per heavy atom. The first kappa shape index (κ1) is 17.6. The molecule has 0 saturated carbocycles. The molecule has 0 radical (unpaired) electrons. The summed E-state index contributed by atoms with van der Waals surface area (Å²) in [5.41, 5.74) is 3.25. The van der Waals surface area contributed by atoms with Gasteiger partial charge < -0.3 is 15.0 Å². The van der Waals surface area contributed by atoms with Crippen molar-refractivity contribution in [3.63, 3.8) is 0 Å². The molecule has 3 aliphatic rings. The lowest BCUT2D eigenvalue weighted by molar-refractivity contribution is -0.0502. The molecule has 6 heteroatoms. The molecule has 6 nitrogen and oxygen atoms in total. The number of rotatable bonds is 3. The molecular weight excluding hydrogens is 354 g/mol. The lowest BCUT2D eigenvalue weighted by Gasteiger charge is -2.35. The number of hydrogen-bond donors (Lipinski definition) is 2. The third-order valence-electron chi connectivity index (χ3n) is 6.26. The van der Waals surface area contributed by atoms with Gasteiger partial charge in [0.1, 0.15) is 5.56 Å². The van der Waals surface area contributed by atoms with Crippen LogP contribution in [0.2, 0.25) is 0 Å². The van der Waals surface area contributed by atoms with E-state index in [1.54, 1.807) is 6.07 Å². The number of morpholine rings is 1. The number of carbonyl (C=O) groups excluding carboxylic acids is 1. The van der Waals surface area contributed by atoms with Crippen LogP contribution < -0.4 is 10.9 Å². The second-order valence-electron chi connectivity index (χ2n) is 8.12. The molecule has 1 aromatic carbocycles. The van der Waals surface area contributed by atoms with Gasteiger partial charge in [0, 0.05) is 30.9 Å². The number of nitrogens with zero attached hydrogens (tertiary/aromatic N) is 1. The quantitative estimate of drug-likeness (QED) is 0.853. The van der Waals surface area contributed by atoms with E-state index < -0.39 is 0 Å². The summed E-state index contributed by atoms with van der Waals surface area (Å²) >= 11 is 0. The van der Waals surface area contributed by atoms with Crippen molar-refractivity contribution >= 4 is 5.91 Å². The summed E-state index contributed by atoms with van der Waals surface area (Å²) in [6.07, 6.45) is 3.80. The lowest BCUT2D eigenvalue weighted by Crippen LogP contribution is -2.43. The third kappa shape index (κ3) is 3.27. The smallest absolute Gasteiger partial charge is 0.261 e. The fourth-order valence-electron chi connectivity index (χ4n) is 4.79. The van der Waals surface area contributed by atoms with Crippen LogP contribution in [0.4, 0.5) is 0 Å². The monoisotopic (exact) mass is 379 g/mol. The van der Waals surface area contributed by atoms with E-state index in [2.05, 4.69) is 27.3 Å². The molecule has 2 fully saturated rings. The maximum Gasteiger partial charge on any atom is 0.261 e. The van der Waals surface area contributed by atoms with E-state index in [-0.39, 0.29) is 29.2 Å². The van der Waals surface area contributed by atoms with E-state index in [9.17, 15) is 9.59 Å². The van der Waals surface area contributed by atoms with Gasteiger partial charge in [-0.25, -0.2) is 0 Å². The fourth-order valence-corrected chi connectivity index (χ4v) is 4.79. The van der Waals surface area contributed by atoms with Crippen molar-refractivity contribution in [1.29, 1.82) is 0 Å². The van der Waals surface area contributed by atoms with Gasteiger partial charge >= 0.3 is 0 Å². The molecule has 5 rings (SSSR count). The first-order valence-corrected chi connectivity index (χ1v) is 10.1. The van der Waals surface area contributed by atoms with Gasteiger partial charge in [0.05, 0.1) is 12.7 Å². The summed E-state index contributed by atoms with van der Waals surface area (Å²) in [5, 5.41) is 3.08. The number of amides is 1. The number of nitrogens with one attached hydrogen (secondary N) is 2. The number of ether oxygens (including phenoxy) is 1. The maximum atomic E-state index is 12.7. The van der Waals surface area contributed by atoms with E-state index in [4.69, 9.17) is 4.74 Å². The summed E-state index contributed by atoms with van der Waals surface area (Å²) in [6.45, 7) is 2.30. The molecule has 2 saturated heterocycles. The van der Waals surface area contributed by atoms with Gasteiger partial charge in [-0.05, 0) is 42.9 Å². The van der Waals surface area contributed by atoms with E-state index >= 15 is 0 Å². The van der Waals surface area contributed by atoms with Crippen LogP contribution in [0.5, 0.6) is 0 Å². The van der Waals surface area contributed by atoms with E-state index in [1.807, 2.05) is 18.2 Å². The van der Waals surface area contributed by atoms with Crippen LogP contribution in [0.3, 0.4) is 0 Å². The molecule has 0 unspecified atom stereocenters. The van der Waals surface area contributed by atoms with Crippen molar-refractivity contribution < 1.29 is 9.53 Å². The highest BCUT2D eigenvalue weighted by molar-refractivity contribution is 5.94. The molecule has 1 aliphatic carbocycles. The largest absolute Gasteiger partial charge is 0.371 e. The lowest BCUT2D eigenvalue weighted by atomic mass is 10.1. The second-order valence-corrected chi connectivity index (χ2v) is 8.12. The highest BCUT2D eigenvalue weighted by Crippen LogP contribution is 2.30. The van der Waals surface area contributed by atoms with Crippen LogP contribution in [-0.2, 0) is 17.6 Å². The SMILES string of the molecule is O=C(N[C@H]1C[C@H]2CO[C@@H](c3ccccc3)CN2C1)c1cc2c([nH]c1=O)CCC2. The first-order valence-electron chi connectivity index (χ1n) is 10.1. The maximum absolute atomic E-state index is 12.7. The highest BCUT2D eigenvalue weighted by Gasteiger charge is 2.38. The van der Waals surface area contributed by atoms with Gasteiger partial charge in [-0.3, -0.25) is 14.5 Å². The van der Waals surface area contributed by atoms with Crippen molar-refractivity contribution in [3.05, 3.63) is 69.1 Å². The molecule has 0 bridgehead atoms. The van der Waals surface area contributed by atoms with Crippen LogP contribution in [0.15, 0.2) is 41.2 Å². The normalized spacial score (nSPS) is 26.6. The van der Waals surface area contributed by atoms with E-state index in [0.29, 0.717) is 12.6 Å². The highest BCUT2D eigenvalue weighted by atomic mass is 16.5. The molecule has 1 amide bonds. The third-order valence-corrected chi connectivity index (χ3v) is 6.26. The zero-order valence-electron chi connectivity index (χ0n) is 15.8. The average Bonchev–Trinajstić information content (AvgIpc) is 3.32. The number of aromatic amines is 1. The predicted molar refractivity (Wildman–Crippen MR) is 105 cm³/mol. The molecule has 0 spiro atoms. The summed E-state index contributed by atoms with van der Waals surface area (Å²) in [5.74, 6) is -0.263. The minimum Gasteiger partial charge on any atom is -0.371 e. The Bertz CT molecular complexity index is 940. The standard InChI is InChI=1S/C22H25N3O3/c26-21(18-9-15-7-4-8-19(15)24-22(18)27)23-16-10-17-13-28-20(12-25(17)11-16)14-5-2-1-3-6-14/h1-3,5-6,9,16-17,20H,4,7-8,10-13H2,(H,23,26)(H,24,27)/t16-,17-,20+/m0/s1. The topological polar surface area (TPSA) is 74.4 Å². The molecular formula is C22H25N3O3. The number of pyridine rings is 1. The van der Waals surface area contributed by atoms with Crippen molar-refractivity contribution in [2.75, 3.05) is 19.7 Å². The summed E-state index contributed by atoms with van der Waals surface area (Å²) < 4.78 is 6.08. The Hall–Kier alpha value is -2.44. The molecule has 3 atom stereocenters. The summed E-state index contributed by atoms with van der Waals surface area (Å²) in [7, 11) is 0. The van der Waals surface area contributed by atoms with Gasteiger partial charge in [0.25, 0.3) is 11.5 Å². The van der Waals surface area contributed by atoms with Crippen LogP contribution >= 0.6 is 0 Å². The Morgan fingerprint density at radius 3 is 2.89 bits per heavy atom. The molecule has 146 valence electrons. The number of hydrogen-bond acceptors (Lipinski definition) is 4. The Labute approximate surface area is 163 Å². The van der Waals surface area contributed by atoms with E-state index in [1.165, 1.54) is 5.56 Å². The van der Waals surface area contributed by atoms with Gasteiger partial charge in [-0.1, -0.05) is 30.3 Å². The number of benzene rings is 1. The van der Waals surface area contributed by atoms with Gasteiger partial charge in [0.15, 0.2) is 0 Å². The molecule has 2 N–H and O–H groups in total. The number of carbonyl (C=O) groups is 1. The molecule has 28 heavy (non-hydrogen) atoms. The van der Waals surface area contributed by atoms with Crippen LogP contribution in [-0.4, -0.2) is 47.6 Å². The predicted octanol–water partition coefficient (Wildman–Crippen LogP) is 1.81. The van der Waals surface area contributed by atoms with Crippen molar-refractivity contribution in [2.24, 2.45) is 0 Å². The zero-order valence-corrected chi connectivity index (χ0v) is 15.8. The molecule has 2 aromatic rings. The van der Waals surface area contributed by atoms with Crippen molar-refractivity contribution in [3.8, 4) is 0 Å². The Balaban J connectivity index is 1.25. The Morgan fingerprint density at radius 1 is 1.18 bits per heavy atom. The summed E-state index contributed by atoms with van der Waals surface area (Å²) in [4.78, 5) is 30.3. The average molecular weight is 379 g/mol. The van der Waals surface area contributed by atoms with Gasteiger partial charge in [0.2, 0.25) is 0 Å². The van der Waals surface area contributed by atoms with Crippen LogP contribution in [0.25, 0.3) is 0 Å². The minimum atomic E-state index is -0.277. The van der Waals surface area contributed by atoms with E-state index in [0.717, 1.165) is 50.0 Å². The molecule has 3 heterocycles. The zero-order chi connectivity index (χ0) is 19.1. The molecule has 2 aliphatic heterocycles. The molecule has 1 aromatic heterocycles. The van der Waals surface area contributed by atoms with Crippen molar-refractivity contribution in [2.45, 2.75) is 43.9 Å². The minimum absolute atomic E-state index is 0.0447. The number of aromatic nitrogens is 1. The first-order chi connectivity index (χ1) is 13.7. The summed E-state index contributed by atoms with van der Waals surface area (Å²) in [6, 6.07) is 12.4. The number of aryl methyl sites for hydroxylation is 2. The van der Waals surface area contributed by atoms with Crippen molar-refractivity contribution in [1.82, 2.24) is 15.2 Å². The van der Waals surface area contributed by atoms with Gasteiger partial charge in [-0.15, -0.1) is 0 Å². The second kappa shape index (κ2) is 7.18. The Kier molecular flexibility index (Phi) is 4.53. The number of H-pyrrole nitrogens is 1. The van der Waals surface area contributed by atoms with Crippen LogP contribution in [0, 0.1) is 0 Å².